The first kappa shape index (κ1) is 54.8. The number of hydrogen-bond acceptors (Lipinski definition) is 1. The van der Waals surface area contributed by atoms with Crippen molar-refractivity contribution in [1.29, 1.82) is 0 Å². The molecule has 0 aliphatic carbocycles. The van der Waals surface area contributed by atoms with Crippen LogP contribution >= 0.6 is 0 Å². The van der Waals surface area contributed by atoms with Crippen LogP contribution in [0.3, 0.4) is 0 Å². The van der Waals surface area contributed by atoms with Crippen LogP contribution in [0, 0.1) is 14.4 Å². The summed E-state index contributed by atoms with van der Waals surface area (Å²) < 4.78 is 0. The van der Waals surface area contributed by atoms with Gasteiger partial charge in [0.05, 0.1) is 0 Å². The Bertz CT molecular complexity index is 325. The Kier molecular flexibility index (Phi) is 109. The first-order valence-corrected chi connectivity index (χ1v) is 13.6. The van der Waals surface area contributed by atoms with Crippen LogP contribution in [-0.2, 0) is 21.1 Å². The van der Waals surface area contributed by atoms with E-state index in [4.69, 9.17) is 0 Å². The summed E-state index contributed by atoms with van der Waals surface area (Å²) in [6.07, 6.45) is 5.49. The molecule has 3 rings (SSSR count). The van der Waals surface area contributed by atoms with Crippen molar-refractivity contribution in [3.63, 3.8) is 0 Å². The van der Waals surface area contributed by atoms with Crippen LogP contribution in [0.15, 0.2) is 72.8 Å². The van der Waals surface area contributed by atoms with Gasteiger partial charge in [0.1, 0.15) is 0 Å². The van der Waals surface area contributed by atoms with Crippen molar-refractivity contribution in [2.75, 3.05) is 13.6 Å². The van der Waals surface area contributed by atoms with Crippen LogP contribution in [0.4, 0.5) is 0 Å². The van der Waals surface area contributed by atoms with Crippen molar-refractivity contribution >= 4 is 0 Å². The van der Waals surface area contributed by atoms with Gasteiger partial charge in [0.25, 0.3) is 0 Å². The Labute approximate surface area is 240 Å². The Morgan fingerprint density at radius 2 is 0.800 bits per heavy atom. The van der Waals surface area contributed by atoms with Crippen molar-refractivity contribution in [2.24, 2.45) is 0 Å². The number of likely N-dealkylation sites (tertiary alicyclic amines) is 1. The molecule has 0 N–H and O–H groups in total. The number of rotatable bonds is 0. The zero-order valence-corrected chi connectivity index (χ0v) is 29.5. The molecule has 0 radical (unpaired) electrons. The van der Waals surface area contributed by atoms with Gasteiger partial charge in [0.15, 0.2) is 0 Å². The fourth-order valence-electron chi connectivity index (χ4n) is 2.01. The molecular weight excluding hydrogens is 594 g/mol. The van der Waals surface area contributed by atoms with E-state index in [0.717, 1.165) is 6.04 Å². The second kappa shape index (κ2) is 69.8. The average molecular weight is 662 g/mol. The van der Waals surface area contributed by atoms with E-state index in [0.29, 0.717) is 0 Å². The van der Waals surface area contributed by atoms with Gasteiger partial charge < -0.3 is 19.3 Å². The number of nitrogens with zero attached hydrogens (tertiary/aromatic N) is 1. The topological polar surface area (TPSA) is 3.24 Å². The van der Waals surface area contributed by atoms with E-state index in [9.17, 15) is 0 Å². The van der Waals surface area contributed by atoms with Crippen LogP contribution in [0.5, 0.6) is 0 Å². The van der Waals surface area contributed by atoms with Crippen molar-refractivity contribution in [3.05, 3.63) is 87.1 Å². The maximum Gasteiger partial charge on any atom is 2.00 e. The van der Waals surface area contributed by atoms with E-state index in [1.807, 2.05) is 128 Å². The Morgan fingerprint density at radius 1 is 0.600 bits per heavy atom. The van der Waals surface area contributed by atoms with Gasteiger partial charge in [-0.1, -0.05) is 155 Å². The summed E-state index contributed by atoms with van der Waals surface area (Å²) in [6, 6.07) is 24.8. The van der Waals surface area contributed by atoms with Gasteiger partial charge in [0.2, 0.25) is 0 Å². The molecule has 2 aromatic rings. The van der Waals surface area contributed by atoms with Crippen LogP contribution in [0.1, 0.15) is 109 Å². The van der Waals surface area contributed by atoms with Gasteiger partial charge in [0, 0.05) is 6.04 Å². The quantitative estimate of drug-likeness (QED) is 0.254. The maximum atomic E-state index is 3.25. The second-order valence-corrected chi connectivity index (χ2v) is 5.84. The predicted octanol–water partition coefficient (Wildman–Crippen LogP) is 11.7. The first-order valence-electron chi connectivity index (χ1n) is 13.6. The summed E-state index contributed by atoms with van der Waals surface area (Å²) >= 11 is 0. The van der Waals surface area contributed by atoms with E-state index in [1.165, 1.54) is 32.2 Å². The Balaban J connectivity index is -0.0000000416. The fraction of sp³-hybridized carbons (Fsp3) is 0.576. The zero-order valence-electron chi connectivity index (χ0n) is 26.6. The third-order valence-corrected chi connectivity index (χ3v) is 3.47. The van der Waals surface area contributed by atoms with E-state index in [2.05, 4.69) is 39.6 Å². The monoisotopic (exact) mass is 661 g/mol. The predicted molar refractivity (Wildman–Crippen MR) is 168 cm³/mol. The van der Waals surface area contributed by atoms with Crippen LogP contribution in [0.2, 0.25) is 0 Å². The normalized spacial score (nSPS) is 11.7. The summed E-state index contributed by atoms with van der Waals surface area (Å²) in [5.74, 6) is 0. The van der Waals surface area contributed by atoms with Gasteiger partial charge in [-0.3, -0.25) is 0 Å². The molecule has 1 aliphatic heterocycles. The number of benzene rings is 2. The molecular formula is C33H67NW. The minimum absolute atomic E-state index is 0. The van der Waals surface area contributed by atoms with Gasteiger partial charge in [-0.2, -0.15) is 6.92 Å². The molecule has 0 saturated carbocycles. The first-order chi connectivity index (χ1) is 16.2. The minimum atomic E-state index is 0. The summed E-state index contributed by atoms with van der Waals surface area (Å²) in [7, 11) is 2.21. The summed E-state index contributed by atoms with van der Waals surface area (Å²) in [5.41, 5.74) is 0. The van der Waals surface area contributed by atoms with Crippen LogP contribution in [0.25, 0.3) is 0 Å². The average Bonchev–Trinajstić information content (AvgIpc) is 2.95. The second-order valence-electron chi connectivity index (χ2n) is 5.84. The Morgan fingerprint density at radius 3 is 0.914 bits per heavy atom. The smallest absolute Gasteiger partial charge is 0.358 e. The molecule has 2 heteroatoms. The molecule has 35 heavy (non-hydrogen) atoms. The van der Waals surface area contributed by atoms with Crippen molar-refractivity contribution in [3.8, 4) is 0 Å². The molecule has 1 saturated heterocycles. The molecule has 2 aromatic carbocycles. The molecule has 1 unspecified atom stereocenters. The molecule has 0 amide bonds. The third kappa shape index (κ3) is 65.5. The van der Waals surface area contributed by atoms with E-state index in [1.54, 1.807) is 6.92 Å². The summed E-state index contributed by atoms with van der Waals surface area (Å²) in [5, 5.41) is 0. The summed E-state index contributed by atoms with van der Waals surface area (Å²) in [6.45, 7) is 28.9. The SMILES string of the molecule is CC.CC.CC.CC.CC1CCCCN1C.CCC.[CH2-]C.[CH3-].[W+2].c1ccccc1.c1ccccc1. The molecule has 1 aliphatic rings. The summed E-state index contributed by atoms with van der Waals surface area (Å²) in [4.78, 5) is 2.43. The Hall–Kier alpha value is -0.912. The largest absolute Gasteiger partial charge is 2.00 e. The van der Waals surface area contributed by atoms with E-state index in [-0.39, 0.29) is 28.5 Å². The van der Waals surface area contributed by atoms with Crippen LogP contribution in [-0.4, -0.2) is 24.5 Å². The zero-order chi connectivity index (χ0) is 27.2. The van der Waals surface area contributed by atoms with Crippen molar-refractivity contribution < 1.29 is 21.1 Å². The third-order valence-electron chi connectivity index (χ3n) is 3.47. The van der Waals surface area contributed by atoms with Crippen LogP contribution < -0.4 is 0 Å². The van der Waals surface area contributed by atoms with Gasteiger partial charge in [-0.15, -0.1) is 0 Å². The van der Waals surface area contributed by atoms with E-state index >= 15 is 0 Å². The van der Waals surface area contributed by atoms with Gasteiger partial charge in [-0.25, -0.2) is 0 Å². The molecule has 0 spiro atoms. The molecule has 1 nitrogen and oxygen atoms in total. The van der Waals surface area contributed by atoms with Crippen molar-refractivity contribution in [2.45, 2.75) is 115 Å². The standard InChI is InChI=1S/C7H15N.2C6H6.C3H8.4C2H6.C2H5.CH3.W/c1-7-5-3-4-6-8(7)2;2*1-2-4-6-5-3-1;1-3-2;5*1-2;;/h7H,3-6H2,1-2H3;2*1-6H;3H2,1-2H3;4*1-2H3;1H2,2H3;1H3;/q;;;;;;;;2*-1;+2. The number of hydrogen-bond donors (Lipinski definition) is 0. The molecule has 1 fully saturated rings. The molecule has 1 heterocycles. The minimum Gasteiger partial charge on any atom is -0.358 e. The van der Waals surface area contributed by atoms with Gasteiger partial charge >= 0.3 is 21.1 Å². The number of piperidine rings is 1. The van der Waals surface area contributed by atoms with Gasteiger partial charge in [-0.05, 0) is 33.4 Å². The molecule has 0 bridgehead atoms. The molecule has 0 aromatic heterocycles. The molecule has 1 atom stereocenters. The molecule has 210 valence electrons. The maximum absolute atomic E-state index is 3.25. The van der Waals surface area contributed by atoms with Crippen molar-refractivity contribution in [1.82, 2.24) is 4.90 Å². The van der Waals surface area contributed by atoms with E-state index < -0.39 is 0 Å². The fourth-order valence-corrected chi connectivity index (χ4v) is 2.01.